The van der Waals surface area contributed by atoms with Crippen LogP contribution in [-0.2, 0) is 11.3 Å². The largest absolute Gasteiger partial charge is 0.447 e. The predicted molar refractivity (Wildman–Crippen MR) is 119 cm³/mol. The van der Waals surface area contributed by atoms with E-state index in [2.05, 4.69) is 15.5 Å². The molecular formula is C22H26N4O2S. The van der Waals surface area contributed by atoms with Crippen molar-refractivity contribution in [2.45, 2.75) is 25.4 Å². The molecule has 7 heteroatoms. The molecule has 2 aliphatic rings. The van der Waals surface area contributed by atoms with E-state index < -0.39 is 0 Å². The molecule has 4 rings (SSSR count). The van der Waals surface area contributed by atoms with Crippen LogP contribution in [0.5, 0.6) is 0 Å². The molecule has 1 atom stereocenters. The molecule has 2 aromatic rings. The van der Waals surface area contributed by atoms with Gasteiger partial charge in [0.25, 0.3) is 0 Å². The summed E-state index contributed by atoms with van der Waals surface area (Å²) in [5.74, 6) is 0. The molecule has 0 saturated carbocycles. The first-order valence-corrected chi connectivity index (χ1v) is 10.5. The summed E-state index contributed by atoms with van der Waals surface area (Å²) < 4.78 is 5.34. The monoisotopic (exact) mass is 410 g/mol. The average Bonchev–Trinajstić information content (AvgIpc) is 3.34. The van der Waals surface area contributed by atoms with Gasteiger partial charge in [0, 0.05) is 24.5 Å². The lowest BCUT2D eigenvalue weighted by Gasteiger charge is -2.26. The van der Waals surface area contributed by atoms with Gasteiger partial charge in [-0.15, -0.1) is 0 Å². The number of anilines is 2. The van der Waals surface area contributed by atoms with E-state index in [9.17, 15) is 4.79 Å². The number of likely N-dealkylation sites (tertiary alicyclic amines) is 1. The van der Waals surface area contributed by atoms with Gasteiger partial charge in [-0.3, -0.25) is 4.90 Å². The lowest BCUT2D eigenvalue weighted by atomic mass is 10.1. The number of carbonyl (C=O) groups is 1. The zero-order valence-corrected chi connectivity index (χ0v) is 17.2. The highest BCUT2D eigenvalue weighted by Gasteiger charge is 2.34. The number of amides is 1. The lowest BCUT2D eigenvalue weighted by molar-refractivity contribution is 0.154. The minimum absolute atomic E-state index is 0.109. The fourth-order valence-electron chi connectivity index (χ4n) is 3.86. The number of carbonyl (C=O) groups excluding carboxylic acids is 1. The molecule has 2 aromatic carbocycles. The van der Waals surface area contributed by atoms with Crippen molar-refractivity contribution in [3.05, 3.63) is 60.2 Å². The molecule has 0 aromatic heterocycles. The number of para-hydroxylation sites is 1. The zero-order chi connectivity index (χ0) is 20.1. The van der Waals surface area contributed by atoms with E-state index in [0.717, 1.165) is 36.6 Å². The molecule has 2 heterocycles. The molecule has 0 bridgehead atoms. The molecule has 152 valence electrons. The van der Waals surface area contributed by atoms with Crippen molar-refractivity contribution in [3.63, 3.8) is 0 Å². The number of hydrogen-bond donors (Lipinski definition) is 2. The molecule has 0 radical (unpaired) electrons. The van der Waals surface area contributed by atoms with Crippen molar-refractivity contribution < 1.29 is 9.53 Å². The smallest absolute Gasteiger partial charge is 0.410 e. The van der Waals surface area contributed by atoms with Crippen LogP contribution in [0.25, 0.3) is 0 Å². The van der Waals surface area contributed by atoms with Gasteiger partial charge in [-0.1, -0.05) is 30.3 Å². The highest BCUT2D eigenvalue weighted by atomic mass is 32.1. The molecule has 2 saturated heterocycles. The predicted octanol–water partition coefficient (Wildman–Crippen LogP) is 3.91. The number of rotatable bonds is 6. The minimum Gasteiger partial charge on any atom is -0.447 e. The molecule has 6 nitrogen and oxygen atoms in total. The number of nitrogens with zero attached hydrogens (tertiary/aromatic N) is 2. The fourth-order valence-corrected chi connectivity index (χ4v) is 4.09. The summed E-state index contributed by atoms with van der Waals surface area (Å²) in [6, 6.07) is 17.9. The third kappa shape index (κ3) is 5.25. The molecule has 2 aliphatic heterocycles. The van der Waals surface area contributed by atoms with Gasteiger partial charge in [0.1, 0.15) is 6.61 Å². The molecule has 2 N–H and O–H groups in total. The van der Waals surface area contributed by atoms with Crippen molar-refractivity contribution >= 4 is 34.8 Å². The van der Waals surface area contributed by atoms with Crippen molar-refractivity contribution in [1.29, 1.82) is 0 Å². The van der Waals surface area contributed by atoms with E-state index in [1.165, 1.54) is 12.8 Å². The number of thiocarbonyl (C=S) groups is 1. The van der Waals surface area contributed by atoms with Gasteiger partial charge in [-0.05, 0) is 68.0 Å². The summed E-state index contributed by atoms with van der Waals surface area (Å²) >= 11 is 5.41. The molecule has 0 spiro atoms. The maximum Gasteiger partial charge on any atom is 0.410 e. The zero-order valence-electron chi connectivity index (χ0n) is 16.3. The van der Waals surface area contributed by atoms with Crippen molar-refractivity contribution in [3.8, 4) is 0 Å². The van der Waals surface area contributed by atoms with Crippen LogP contribution in [0.1, 0.15) is 18.4 Å². The summed E-state index contributed by atoms with van der Waals surface area (Å²) in [6.45, 7) is 4.12. The first-order valence-electron chi connectivity index (χ1n) is 10.0. The van der Waals surface area contributed by atoms with Crippen molar-refractivity contribution in [1.82, 2.24) is 9.80 Å². The number of nitrogens with one attached hydrogen (secondary N) is 2. The second-order valence-electron chi connectivity index (χ2n) is 7.51. The molecule has 1 unspecified atom stereocenters. The van der Waals surface area contributed by atoms with Gasteiger partial charge in [0.05, 0.1) is 6.04 Å². The van der Waals surface area contributed by atoms with Crippen LogP contribution in [-0.4, -0.2) is 53.3 Å². The van der Waals surface area contributed by atoms with Gasteiger partial charge >= 0.3 is 6.09 Å². The molecule has 1 amide bonds. The van der Waals surface area contributed by atoms with E-state index in [0.29, 0.717) is 18.3 Å². The Bertz CT molecular complexity index is 855. The van der Waals surface area contributed by atoms with E-state index >= 15 is 0 Å². The molecular weight excluding hydrogens is 384 g/mol. The van der Waals surface area contributed by atoms with E-state index in [4.69, 9.17) is 17.0 Å². The Balaban J connectivity index is 1.37. The molecule has 29 heavy (non-hydrogen) atoms. The number of hydrogen-bond acceptors (Lipinski definition) is 4. The lowest BCUT2D eigenvalue weighted by Crippen LogP contribution is -2.41. The number of cyclic esters (lactones) is 1. The number of benzene rings is 2. The summed E-state index contributed by atoms with van der Waals surface area (Å²) in [7, 11) is 0. The van der Waals surface area contributed by atoms with E-state index in [1.54, 1.807) is 0 Å². The van der Waals surface area contributed by atoms with Crippen LogP contribution >= 0.6 is 12.2 Å². The topological polar surface area (TPSA) is 56.8 Å². The van der Waals surface area contributed by atoms with Crippen LogP contribution in [0.3, 0.4) is 0 Å². The first-order chi connectivity index (χ1) is 14.2. The Morgan fingerprint density at radius 3 is 2.55 bits per heavy atom. The van der Waals surface area contributed by atoms with Crippen LogP contribution in [0, 0.1) is 0 Å². The summed E-state index contributed by atoms with van der Waals surface area (Å²) in [6.07, 6.45) is 2.26. The highest BCUT2D eigenvalue weighted by Crippen LogP contribution is 2.21. The minimum atomic E-state index is -0.228. The first kappa shape index (κ1) is 19.7. The van der Waals surface area contributed by atoms with Crippen LogP contribution in [0.2, 0.25) is 0 Å². The normalized spacial score (nSPS) is 19.2. The quantitative estimate of drug-likeness (QED) is 0.704. The Hall–Kier alpha value is -2.64. The third-order valence-electron chi connectivity index (χ3n) is 5.31. The number of ether oxygens (including phenoxy) is 1. The second kappa shape index (κ2) is 9.24. The Morgan fingerprint density at radius 1 is 1.03 bits per heavy atom. The summed E-state index contributed by atoms with van der Waals surface area (Å²) in [5.41, 5.74) is 2.87. The van der Waals surface area contributed by atoms with Crippen molar-refractivity contribution in [2.75, 3.05) is 36.9 Å². The Morgan fingerprint density at radius 2 is 1.76 bits per heavy atom. The molecule has 2 fully saturated rings. The van der Waals surface area contributed by atoms with Gasteiger partial charge in [-0.25, -0.2) is 4.79 Å². The van der Waals surface area contributed by atoms with Crippen molar-refractivity contribution in [2.24, 2.45) is 0 Å². The van der Waals surface area contributed by atoms with Crippen LogP contribution in [0.15, 0.2) is 54.6 Å². The maximum absolute atomic E-state index is 12.3. The maximum atomic E-state index is 12.3. The van der Waals surface area contributed by atoms with Gasteiger partial charge < -0.3 is 20.3 Å². The van der Waals surface area contributed by atoms with E-state index in [-0.39, 0.29) is 12.1 Å². The fraction of sp³-hybridized carbons (Fsp3) is 0.364. The molecule has 0 aliphatic carbocycles. The van der Waals surface area contributed by atoms with Gasteiger partial charge in [-0.2, -0.15) is 0 Å². The van der Waals surface area contributed by atoms with Gasteiger partial charge in [0.2, 0.25) is 0 Å². The van der Waals surface area contributed by atoms with Gasteiger partial charge in [0.15, 0.2) is 5.11 Å². The summed E-state index contributed by atoms with van der Waals surface area (Å²) in [4.78, 5) is 16.5. The highest BCUT2D eigenvalue weighted by molar-refractivity contribution is 7.80. The Labute approximate surface area is 176 Å². The van der Waals surface area contributed by atoms with E-state index in [1.807, 2.05) is 59.5 Å². The average molecular weight is 411 g/mol. The van der Waals surface area contributed by atoms with Crippen LogP contribution in [0.4, 0.5) is 16.2 Å². The third-order valence-corrected chi connectivity index (χ3v) is 5.52. The van der Waals surface area contributed by atoms with Crippen LogP contribution < -0.4 is 10.6 Å². The second-order valence-corrected chi connectivity index (χ2v) is 7.92. The SMILES string of the molecule is O=C1OCC(CN2CCCC2)N1Cc1cccc(NC(=S)Nc2ccccc2)c1. The standard InChI is InChI=1S/C22H26N4O2S/c27-22-26(20(16-28-22)15-25-11-4-5-12-25)14-17-7-6-10-19(13-17)24-21(29)23-18-8-2-1-3-9-18/h1-3,6-10,13,20H,4-5,11-12,14-16H2,(H2,23,24,29). The Kier molecular flexibility index (Phi) is 6.27. The summed E-state index contributed by atoms with van der Waals surface area (Å²) in [5, 5.41) is 6.91.